The molecule has 3 aromatic rings. The third kappa shape index (κ3) is 1.35. The largest absolute Gasteiger partial charge is 0.480 e. The van der Waals surface area contributed by atoms with Crippen molar-refractivity contribution in [2.45, 2.75) is 6.54 Å². The van der Waals surface area contributed by atoms with Crippen molar-refractivity contribution in [1.82, 2.24) is 24.6 Å². The Labute approximate surface area is 99.1 Å². The molecule has 1 N–H and O–H groups in total. The number of hydrogen-bond donors (Lipinski definition) is 1. The number of aromatic nitrogens is 5. The van der Waals surface area contributed by atoms with Crippen molar-refractivity contribution in [3.63, 3.8) is 0 Å². The summed E-state index contributed by atoms with van der Waals surface area (Å²) in [7, 11) is 0. The molecule has 0 aliphatic rings. The highest BCUT2D eigenvalue weighted by Crippen LogP contribution is 2.10. The van der Waals surface area contributed by atoms with Gasteiger partial charge in [0.15, 0.2) is 0 Å². The van der Waals surface area contributed by atoms with E-state index in [1.54, 1.807) is 24.3 Å². The summed E-state index contributed by atoms with van der Waals surface area (Å²) in [5.74, 6) is -1.02. The van der Waals surface area contributed by atoms with Crippen LogP contribution in [0.3, 0.4) is 0 Å². The van der Waals surface area contributed by atoms with Gasteiger partial charge in [-0.3, -0.25) is 14.2 Å². The molecule has 0 spiro atoms. The Balaban J connectivity index is 2.52. The number of carboxylic acid groups (broad SMARTS) is 1. The minimum Gasteiger partial charge on any atom is -0.480 e. The Kier molecular flexibility index (Phi) is 2.09. The molecule has 0 aliphatic heterocycles. The summed E-state index contributed by atoms with van der Waals surface area (Å²) in [6.07, 6.45) is 0. The van der Waals surface area contributed by atoms with Crippen molar-refractivity contribution in [2.75, 3.05) is 0 Å². The van der Waals surface area contributed by atoms with E-state index in [0.29, 0.717) is 10.9 Å². The SMILES string of the molecule is O=C(O)Cn1c(=O)c2ccccc2n2nnnc12. The second kappa shape index (κ2) is 3.62. The third-order valence-corrected chi connectivity index (χ3v) is 2.60. The molecule has 0 fully saturated rings. The zero-order valence-electron chi connectivity index (χ0n) is 9.02. The van der Waals surface area contributed by atoms with Crippen molar-refractivity contribution in [2.24, 2.45) is 0 Å². The van der Waals surface area contributed by atoms with E-state index in [0.717, 1.165) is 4.57 Å². The fraction of sp³-hybridized carbons (Fsp3) is 0.100. The average molecular weight is 245 g/mol. The van der Waals surface area contributed by atoms with E-state index in [9.17, 15) is 9.59 Å². The van der Waals surface area contributed by atoms with Crippen molar-refractivity contribution >= 4 is 22.6 Å². The van der Waals surface area contributed by atoms with E-state index in [-0.39, 0.29) is 5.78 Å². The van der Waals surface area contributed by atoms with Crippen molar-refractivity contribution in [3.8, 4) is 0 Å². The van der Waals surface area contributed by atoms with E-state index < -0.39 is 18.1 Å². The summed E-state index contributed by atoms with van der Waals surface area (Å²) in [4.78, 5) is 23.0. The molecule has 8 nitrogen and oxygen atoms in total. The first-order valence-corrected chi connectivity index (χ1v) is 5.10. The highest BCUT2D eigenvalue weighted by molar-refractivity contribution is 5.80. The Bertz CT molecular complexity index is 819. The Morgan fingerprint density at radius 2 is 2.11 bits per heavy atom. The number of carbonyl (C=O) groups is 1. The number of aliphatic carboxylic acids is 1. The predicted octanol–water partition coefficient (Wildman–Crippen LogP) is -0.476. The van der Waals surface area contributed by atoms with Crippen molar-refractivity contribution in [3.05, 3.63) is 34.6 Å². The highest BCUT2D eigenvalue weighted by atomic mass is 16.4. The Morgan fingerprint density at radius 1 is 1.33 bits per heavy atom. The molecule has 0 saturated heterocycles. The number of carboxylic acids is 1. The summed E-state index contributed by atoms with van der Waals surface area (Å²) >= 11 is 0. The maximum atomic E-state index is 12.2. The molecule has 2 heterocycles. The minimum absolute atomic E-state index is 0.112. The summed E-state index contributed by atoms with van der Waals surface area (Å²) in [5, 5.41) is 20.1. The van der Waals surface area contributed by atoms with Crippen LogP contribution in [0.2, 0.25) is 0 Å². The lowest BCUT2D eigenvalue weighted by Gasteiger charge is -2.06. The summed E-state index contributed by atoms with van der Waals surface area (Å²) in [5.41, 5.74) is 0.124. The fourth-order valence-corrected chi connectivity index (χ4v) is 1.86. The lowest BCUT2D eigenvalue weighted by molar-refractivity contribution is -0.137. The van der Waals surface area contributed by atoms with Gasteiger partial charge in [-0.1, -0.05) is 17.2 Å². The molecule has 8 heteroatoms. The van der Waals surface area contributed by atoms with Crippen LogP contribution in [0.1, 0.15) is 0 Å². The zero-order valence-corrected chi connectivity index (χ0v) is 9.02. The third-order valence-electron chi connectivity index (χ3n) is 2.60. The van der Waals surface area contributed by atoms with Crippen LogP contribution in [0.4, 0.5) is 0 Å². The predicted molar refractivity (Wildman–Crippen MR) is 60.2 cm³/mol. The maximum Gasteiger partial charge on any atom is 0.323 e. The molecule has 0 amide bonds. The lowest BCUT2D eigenvalue weighted by Crippen LogP contribution is -2.26. The highest BCUT2D eigenvalue weighted by Gasteiger charge is 2.14. The lowest BCUT2D eigenvalue weighted by atomic mass is 10.2. The van der Waals surface area contributed by atoms with Gasteiger partial charge in [0.1, 0.15) is 6.54 Å². The number of benzene rings is 1. The van der Waals surface area contributed by atoms with Crippen LogP contribution in [0, 0.1) is 0 Å². The number of rotatable bonds is 2. The van der Waals surface area contributed by atoms with Crippen LogP contribution in [-0.4, -0.2) is 35.7 Å². The van der Waals surface area contributed by atoms with E-state index >= 15 is 0 Å². The first-order valence-electron chi connectivity index (χ1n) is 5.10. The minimum atomic E-state index is -1.13. The maximum absolute atomic E-state index is 12.2. The first-order chi connectivity index (χ1) is 8.68. The van der Waals surface area contributed by atoms with Crippen molar-refractivity contribution in [1.29, 1.82) is 0 Å². The smallest absolute Gasteiger partial charge is 0.323 e. The summed E-state index contributed by atoms with van der Waals surface area (Å²) in [6.45, 7) is -0.479. The number of tetrazole rings is 1. The zero-order chi connectivity index (χ0) is 12.7. The Hall–Kier alpha value is -2.77. The van der Waals surface area contributed by atoms with Gasteiger partial charge >= 0.3 is 5.97 Å². The van der Waals surface area contributed by atoms with Gasteiger partial charge in [0, 0.05) is 0 Å². The molecule has 0 atom stereocenters. The second-order valence-corrected chi connectivity index (χ2v) is 3.69. The standard InChI is InChI=1S/C10H7N5O3/c16-8(17)5-14-9(18)6-3-1-2-4-7(6)15-10(14)11-12-13-15/h1-4H,5H2,(H,16,17). The van der Waals surface area contributed by atoms with E-state index in [1.165, 1.54) is 4.52 Å². The van der Waals surface area contributed by atoms with Gasteiger partial charge in [-0.05, 0) is 22.6 Å². The fourth-order valence-electron chi connectivity index (χ4n) is 1.86. The molecule has 0 radical (unpaired) electrons. The van der Waals surface area contributed by atoms with E-state index in [4.69, 9.17) is 5.11 Å². The van der Waals surface area contributed by atoms with Crippen molar-refractivity contribution < 1.29 is 9.90 Å². The average Bonchev–Trinajstić information content (AvgIpc) is 2.83. The summed E-state index contributed by atoms with van der Waals surface area (Å²) in [6, 6.07) is 6.76. The monoisotopic (exact) mass is 245 g/mol. The van der Waals surface area contributed by atoms with Crippen LogP contribution in [0.5, 0.6) is 0 Å². The van der Waals surface area contributed by atoms with Gasteiger partial charge in [-0.15, -0.1) is 0 Å². The normalized spacial score (nSPS) is 11.1. The Morgan fingerprint density at radius 3 is 2.89 bits per heavy atom. The number of para-hydroxylation sites is 1. The molecule has 3 rings (SSSR count). The topological polar surface area (TPSA) is 102 Å². The van der Waals surface area contributed by atoms with Gasteiger partial charge in [0.2, 0.25) is 0 Å². The molecule has 0 aliphatic carbocycles. The van der Waals surface area contributed by atoms with Crippen LogP contribution < -0.4 is 5.56 Å². The van der Waals surface area contributed by atoms with Gasteiger partial charge in [-0.2, -0.15) is 4.52 Å². The quantitative estimate of drug-likeness (QED) is 0.654. The van der Waals surface area contributed by atoms with Gasteiger partial charge in [-0.25, -0.2) is 0 Å². The molecule has 90 valence electrons. The number of nitrogens with zero attached hydrogens (tertiary/aromatic N) is 5. The molecule has 2 aromatic heterocycles. The van der Waals surface area contributed by atoms with E-state index in [2.05, 4.69) is 15.5 Å². The molecule has 0 bridgehead atoms. The number of hydrogen-bond acceptors (Lipinski definition) is 5. The molecule has 0 saturated carbocycles. The molecule has 1 aromatic carbocycles. The molecule has 18 heavy (non-hydrogen) atoms. The van der Waals surface area contributed by atoms with Gasteiger partial charge in [0.05, 0.1) is 10.9 Å². The second-order valence-electron chi connectivity index (χ2n) is 3.69. The number of fused-ring (bicyclic) bond motifs is 3. The van der Waals surface area contributed by atoms with Crippen LogP contribution in [-0.2, 0) is 11.3 Å². The van der Waals surface area contributed by atoms with Crippen LogP contribution in [0.25, 0.3) is 16.7 Å². The van der Waals surface area contributed by atoms with Crippen LogP contribution >= 0.6 is 0 Å². The van der Waals surface area contributed by atoms with E-state index in [1.807, 2.05) is 0 Å². The molecular formula is C10H7N5O3. The molecule has 0 unspecified atom stereocenters. The molecular weight excluding hydrogens is 238 g/mol. The van der Waals surface area contributed by atoms with Gasteiger partial charge < -0.3 is 5.11 Å². The summed E-state index contributed by atoms with van der Waals surface area (Å²) < 4.78 is 2.38. The van der Waals surface area contributed by atoms with Gasteiger partial charge in [0.25, 0.3) is 11.3 Å². The first kappa shape index (κ1) is 10.4. The van der Waals surface area contributed by atoms with Crippen LogP contribution in [0.15, 0.2) is 29.1 Å².